The number of urea groups is 1. The Balaban J connectivity index is 1.50. The van der Waals surface area contributed by atoms with Gasteiger partial charge in [-0.2, -0.15) is 0 Å². The Morgan fingerprint density at radius 2 is 1.64 bits per heavy atom. The normalized spacial score (nSPS) is 15.0. The van der Waals surface area contributed by atoms with E-state index in [1.807, 2.05) is 60.8 Å². The second-order valence-electron chi connectivity index (χ2n) is 6.41. The minimum absolute atomic E-state index is 0.228. The number of hydrogen-bond acceptors (Lipinski definition) is 2. The molecule has 0 bridgehead atoms. The van der Waals surface area contributed by atoms with E-state index in [-0.39, 0.29) is 6.03 Å². The van der Waals surface area contributed by atoms with Gasteiger partial charge in [-0.05, 0) is 62.1 Å². The van der Waals surface area contributed by atoms with Crippen LogP contribution < -0.4 is 15.4 Å². The van der Waals surface area contributed by atoms with Crippen molar-refractivity contribution in [2.24, 2.45) is 5.92 Å². The first-order chi connectivity index (χ1) is 12.2. The van der Waals surface area contributed by atoms with E-state index in [1.165, 1.54) is 31.3 Å². The summed E-state index contributed by atoms with van der Waals surface area (Å²) in [5.74, 6) is 2.14. The first-order valence-corrected chi connectivity index (χ1v) is 8.78. The van der Waals surface area contributed by atoms with Gasteiger partial charge in [-0.15, -0.1) is 0 Å². The molecule has 1 fully saturated rings. The van der Waals surface area contributed by atoms with Crippen LogP contribution in [0.15, 0.2) is 66.4 Å². The molecule has 1 saturated carbocycles. The number of carbonyl (C=O) groups is 1. The molecule has 1 aliphatic rings. The lowest BCUT2D eigenvalue weighted by atomic mass is 10.0. The maximum Gasteiger partial charge on any atom is 0.323 e. The Morgan fingerprint density at radius 1 is 1.00 bits per heavy atom. The Bertz CT molecular complexity index is 717. The molecule has 0 spiro atoms. The van der Waals surface area contributed by atoms with Crippen LogP contribution in [0.4, 0.5) is 10.5 Å². The predicted octanol–water partition coefficient (Wildman–Crippen LogP) is 5.69. The fourth-order valence-electron chi connectivity index (χ4n) is 3.08. The number of para-hydroxylation sites is 1. The van der Waals surface area contributed by atoms with Crippen LogP contribution in [-0.2, 0) is 0 Å². The number of hydrogen-bond donors (Lipinski definition) is 2. The quantitative estimate of drug-likeness (QED) is 0.736. The van der Waals surface area contributed by atoms with Gasteiger partial charge in [0.2, 0.25) is 0 Å². The zero-order chi connectivity index (χ0) is 17.5. The summed E-state index contributed by atoms with van der Waals surface area (Å²) in [6.07, 6.45) is 6.88. The zero-order valence-corrected chi connectivity index (χ0v) is 14.5. The number of carbonyl (C=O) groups excluding carboxylic acids is 1. The van der Waals surface area contributed by atoms with Crippen LogP contribution in [-0.4, -0.2) is 6.03 Å². The summed E-state index contributed by atoms with van der Waals surface area (Å²) in [5, 5.41) is 5.65. The molecule has 0 aliphatic heterocycles. The topological polar surface area (TPSA) is 50.4 Å². The summed E-state index contributed by atoms with van der Waals surface area (Å²) in [5.41, 5.74) is 1.98. The van der Waals surface area contributed by atoms with Crippen molar-refractivity contribution < 1.29 is 9.53 Å². The molecule has 1 aliphatic carbocycles. The highest BCUT2D eigenvalue weighted by molar-refractivity contribution is 5.89. The maximum absolute atomic E-state index is 12.0. The molecule has 25 heavy (non-hydrogen) atoms. The molecular weight excluding hydrogens is 312 g/mol. The third kappa shape index (κ3) is 5.11. The van der Waals surface area contributed by atoms with Crippen LogP contribution in [0.3, 0.4) is 0 Å². The van der Waals surface area contributed by atoms with E-state index in [9.17, 15) is 4.79 Å². The monoisotopic (exact) mass is 336 g/mol. The number of nitrogens with one attached hydrogen (secondary N) is 2. The third-order valence-corrected chi connectivity index (χ3v) is 4.52. The van der Waals surface area contributed by atoms with Crippen LogP contribution >= 0.6 is 0 Å². The molecule has 2 N–H and O–H groups in total. The molecule has 3 rings (SSSR count). The maximum atomic E-state index is 12.0. The van der Waals surface area contributed by atoms with Crippen molar-refractivity contribution in [3.05, 3.63) is 66.4 Å². The summed E-state index contributed by atoms with van der Waals surface area (Å²) in [7, 11) is 0. The average molecular weight is 336 g/mol. The molecule has 0 unspecified atom stereocenters. The van der Waals surface area contributed by atoms with Crippen molar-refractivity contribution in [3.8, 4) is 11.5 Å². The van der Waals surface area contributed by atoms with E-state index in [0.717, 1.165) is 17.2 Å². The van der Waals surface area contributed by atoms with Crippen LogP contribution in [0.1, 0.15) is 32.6 Å². The van der Waals surface area contributed by atoms with E-state index >= 15 is 0 Å². The van der Waals surface area contributed by atoms with Gasteiger partial charge in [0, 0.05) is 11.9 Å². The molecule has 0 aromatic heterocycles. The van der Waals surface area contributed by atoms with E-state index in [4.69, 9.17) is 4.74 Å². The van der Waals surface area contributed by atoms with Crippen molar-refractivity contribution in [1.82, 2.24) is 5.32 Å². The number of allylic oxidation sites excluding steroid dienone is 1. The van der Waals surface area contributed by atoms with Crippen LogP contribution in [0.2, 0.25) is 0 Å². The second-order valence-corrected chi connectivity index (χ2v) is 6.41. The van der Waals surface area contributed by atoms with Crippen molar-refractivity contribution in [2.75, 3.05) is 5.32 Å². The van der Waals surface area contributed by atoms with Crippen LogP contribution in [0.5, 0.6) is 11.5 Å². The zero-order valence-electron chi connectivity index (χ0n) is 14.5. The fraction of sp³-hybridized carbons (Fsp3) is 0.286. The van der Waals surface area contributed by atoms with Gasteiger partial charge in [-0.1, -0.05) is 36.6 Å². The highest BCUT2D eigenvalue weighted by atomic mass is 16.5. The van der Waals surface area contributed by atoms with E-state index in [2.05, 4.69) is 17.6 Å². The largest absolute Gasteiger partial charge is 0.457 e. The third-order valence-electron chi connectivity index (χ3n) is 4.52. The number of ether oxygens (including phenoxy) is 1. The second kappa shape index (κ2) is 8.38. The minimum atomic E-state index is -0.228. The highest BCUT2D eigenvalue weighted by Gasteiger charge is 2.16. The molecule has 0 radical (unpaired) electrons. The Kier molecular flexibility index (Phi) is 5.73. The van der Waals surface area contributed by atoms with Crippen molar-refractivity contribution in [1.29, 1.82) is 0 Å². The first-order valence-electron chi connectivity index (χ1n) is 8.78. The molecular formula is C21H24N2O2. The van der Waals surface area contributed by atoms with Crippen LogP contribution in [0, 0.1) is 5.92 Å². The molecule has 0 saturated heterocycles. The summed E-state index contributed by atoms with van der Waals surface area (Å²) in [4.78, 5) is 12.0. The molecule has 130 valence electrons. The molecule has 2 aromatic rings. The average Bonchev–Trinajstić information content (AvgIpc) is 3.17. The standard InChI is InChI=1S/C21H24N2O2/c1-16(17-7-5-6-8-17)15-22-21(24)23-18-11-13-20(14-12-18)25-19-9-3-2-4-10-19/h2-4,9-15,17H,5-8H2,1H3,(H2,22,23,24)/b16-15+. The lowest BCUT2D eigenvalue weighted by Crippen LogP contribution is -2.24. The lowest BCUT2D eigenvalue weighted by Gasteiger charge is -2.11. The SMILES string of the molecule is C/C(=C\NC(=O)Nc1ccc(Oc2ccccc2)cc1)C1CCCC1. The summed E-state index contributed by atoms with van der Waals surface area (Å²) < 4.78 is 5.74. The van der Waals surface area contributed by atoms with E-state index < -0.39 is 0 Å². The van der Waals surface area contributed by atoms with Gasteiger partial charge in [-0.25, -0.2) is 4.79 Å². The van der Waals surface area contributed by atoms with Crippen LogP contribution in [0.25, 0.3) is 0 Å². The summed E-state index contributed by atoms with van der Waals surface area (Å²) in [6, 6.07) is 16.7. The highest BCUT2D eigenvalue weighted by Crippen LogP contribution is 2.30. The smallest absolute Gasteiger partial charge is 0.323 e. The summed E-state index contributed by atoms with van der Waals surface area (Å²) in [6.45, 7) is 2.09. The van der Waals surface area contributed by atoms with Gasteiger partial charge in [0.1, 0.15) is 11.5 Å². The Labute approximate surface area is 148 Å². The van der Waals surface area contributed by atoms with Gasteiger partial charge in [0.05, 0.1) is 0 Å². The summed E-state index contributed by atoms with van der Waals surface area (Å²) >= 11 is 0. The van der Waals surface area contributed by atoms with E-state index in [0.29, 0.717) is 5.92 Å². The molecule has 4 heteroatoms. The predicted molar refractivity (Wildman–Crippen MR) is 101 cm³/mol. The van der Waals surface area contributed by atoms with Crippen molar-refractivity contribution in [2.45, 2.75) is 32.6 Å². The first kappa shape index (κ1) is 17.1. The van der Waals surface area contributed by atoms with Gasteiger partial charge < -0.3 is 15.4 Å². The van der Waals surface area contributed by atoms with Gasteiger partial charge in [0.15, 0.2) is 0 Å². The minimum Gasteiger partial charge on any atom is -0.457 e. The Hall–Kier alpha value is -2.75. The Morgan fingerprint density at radius 3 is 2.32 bits per heavy atom. The number of anilines is 1. The molecule has 2 amide bonds. The molecule has 0 heterocycles. The van der Waals surface area contributed by atoms with E-state index in [1.54, 1.807) is 0 Å². The lowest BCUT2D eigenvalue weighted by molar-refractivity contribution is 0.255. The van der Waals surface area contributed by atoms with Crippen molar-refractivity contribution >= 4 is 11.7 Å². The molecule has 4 nitrogen and oxygen atoms in total. The fourth-order valence-corrected chi connectivity index (χ4v) is 3.08. The van der Waals surface area contributed by atoms with Gasteiger partial charge in [0.25, 0.3) is 0 Å². The number of amides is 2. The molecule has 0 atom stereocenters. The van der Waals surface area contributed by atoms with Crippen molar-refractivity contribution in [3.63, 3.8) is 0 Å². The van der Waals surface area contributed by atoms with Gasteiger partial charge >= 0.3 is 6.03 Å². The molecule has 2 aromatic carbocycles. The van der Waals surface area contributed by atoms with Gasteiger partial charge in [-0.3, -0.25) is 0 Å². The number of rotatable bonds is 5. The number of benzene rings is 2.